The van der Waals surface area contributed by atoms with Gasteiger partial charge in [-0.3, -0.25) is 4.21 Å². The van der Waals surface area contributed by atoms with Crippen molar-refractivity contribution in [2.24, 2.45) is 0 Å². The van der Waals surface area contributed by atoms with E-state index in [4.69, 9.17) is 4.74 Å². The zero-order chi connectivity index (χ0) is 14.5. The van der Waals surface area contributed by atoms with Crippen LogP contribution in [-0.2, 0) is 23.6 Å². The number of rotatable bonds is 6. The topological polar surface area (TPSA) is 38.3 Å². The third kappa shape index (κ3) is 4.32. The molecule has 0 aliphatic heterocycles. The van der Waals surface area contributed by atoms with E-state index in [1.807, 2.05) is 6.07 Å². The van der Waals surface area contributed by atoms with Crippen molar-refractivity contribution in [3.05, 3.63) is 29.3 Å². The van der Waals surface area contributed by atoms with Gasteiger partial charge in [0.1, 0.15) is 5.75 Å². The molecule has 4 heteroatoms. The lowest BCUT2D eigenvalue weighted by molar-refractivity contribution is 0.395. The average molecular weight is 295 g/mol. The molecule has 0 aromatic heterocycles. The summed E-state index contributed by atoms with van der Waals surface area (Å²) < 4.78 is 16.5. The monoisotopic (exact) mass is 295 g/mol. The summed E-state index contributed by atoms with van der Waals surface area (Å²) in [6.45, 7) is 2.19. The Bertz CT molecular complexity index is 476. The predicted octanol–water partition coefficient (Wildman–Crippen LogP) is 2.30. The van der Waals surface area contributed by atoms with E-state index in [0.29, 0.717) is 12.1 Å². The summed E-state index contributed by atoms with van der Waals surface area (Å²) in [5.74, 6) is 1.73. The molecule has 1 aliphatic carbocycles. The normalized spacial score (nSPS) is 21.1. The Balaban J connectivity index is 1.91. The van der Waals surface area contributed by atoms with Crippen LogP contribution < -0.4 is 10.1 Å². The van der Waals surface area contributed by atoms with Gasteiger partial charge in [-0.15, -0.1) is 0 Å². The second kappa shape index (κ2) is 7.23. The van der Waals surface area contributed by atoms with E-state index in [2.05, 4.69) is 24.4 Å². The summed E-state index contributed by atoms with van der Waals surface area (Å²) in [5.41, 5.74) is 2.85. The summed E-state index contributed by atoms with van der Waals surface area (Å²) in [6, 6.07) is 7.35. The number of ether oxygens (including phenoxy) is 1. The number of hydrogen-bond donors (Lipinski definition) is 1. The highest BCUT2D eigenvalue weighted by atomic mass is 32.2. The Morgan fingerprint density at radius 2 is 2.25 bits per heavy atom. The molecule has 2 rings (SSSR count). The summed E-state index contributed by atoms with van der Waals surface area (Å²) in [6.07, 6.45) is 6.12. The molecule has 0 saturated heterocycles. The fourth-order valence-electron chi connectivity index (χ4n) is 2.83. The summed E-state index contributed by atoms with van der Waals surface area (Å²) in [5, 5.41) is 3.68. The van der Waals surface area contributed by atoms with Gasteiger partial charge in [0.05, 0.1) is 7.11 Å². The van der Waals surface area contributed by atoms with E-state index >= 15 is 0 Å². The van der Waals surface area contributed by atoms with Crippen molar-refractivity contribution >= 4 is 10.8 Å². The second-order valence-electron chi connectivity index (χ2n) is 5.71. The molecule has 112 valence electrons. The zero-order valence-corrected chi connectivity index (χ0v) is 13.5. The lowest BCUT2D eigenvalue weighted by atomic mass is 9.87. The third-order valence-corrected chi connectivity index (χ3v) is 4.81. The van der Waals surface area contributed by atoms with Crippen molar-refractivity contribution in [2.75, 3.05) is 19.1 Å². The molecule has 0 fully saturated rings. The van der Waals surface area contributed by atoms with Gasteiger partial charge in [-0.25, -0.2) is 0 Å². The van der Waals surface area contributed by atoms with Crippen molar-refractivity contribution in [3.8, 4) is 5.75 Å². The van der Waals surface area contributed by atoms with Crippen LogP contribution in [0.1, 0.15) is 30.9 Å². The quantitative estimate of drug-likeness (QED) is 0.875. The molecule has 0 amide bonds. The third-order valence-electron chi connectivity index (χ3n) is 4.00. The fourth-order valence-corrected chi connectivity index (χ4v) is 3.52. The van der Waals surface area contributed by atoms with Gasteiger partial charge < -0.3 is 10.1 Å². The number of hydrogen-bond acceptors (Lipinski definition) is 3. The van der Waals surface area contributed by atoms with Gasteiger partial charge in [-0.05, 0) is 55.9 Å². The van der Waals surface area contributed by atoms with Crippen LogP contribution in [0.25, 0.3) is 0 Å². The number of aryl methyl sites for hydroxylation is 1. The maximum absolute atomic E-state index is 11.1. The Hall–Kier alpha value is -0.870. The van der Waals surface area contributed by atoms with E-state index in [9.17, 15) is 4.21 Å². The van der Waals surface area contributed by atoms with Crippen LogP contribution in [0, 0.1) is 0 Å². The summed E-state index contributed by atoms with van der Waals surface area (Å²) >= 11 is 0. The minimum absolute atomic E-state index is 0.427. The van der Waals surface area contributed by atoms with Gasteiger partial charge in [0.2, 0.25) is 0 Å². The molecule has 3 unspecified atom stereocenters. The smallest absolute Gasteiger partial charge is 0.119 e. The molecule has 1 aromatic rings. The van der Waals surface area contributed by atoms with Crippen LogP contribution >= 0.6 is 0 Å². The van der Waals surface area contributed by atoms with Crippen molar-refractivity contribution in [1.29, 1.82) is 0 Å². The van der Waals surface area contributed by atoms with Crippen molar-refractivity contribution in [2.45, 2.75) is 44.7 Å². The van der Waals surface area contributed by atoms with Crippen LogP contribution in [0.3, 0.4) is 0 Å². The number of nitrogens with one attached hydrogen (secondary N) is 1. The maximum atomic E-state index is 11.1. The average Bonchev–Trinajstić information content (AvgIpc) is 2.44. The highest BCUT2D eigenvalue weighted by Crippen LogP contribution is 2.25. The standard InChI is InChI=1S/C16H25NO2S/c1-12(8-9-20(3)18)17-15-6-4-13-5-7-16(19-2)11-14(13)10-15/h5,7,11-12,15,17H,4,6,8-10H2,1-3H3. The van der Waals surface area contributed by atoms with Gasteiger partial charge in [-0.2, -0.15) is 0 Å². The molecule has 3 nitrogen and oxygen atoms in total. The Morgan fingerprint density at radius 3 is 2.95 bits per heavy atom. The molecule has 1 N–H and O–H groups in total. The highest BCUT2D eigenvalue weighted by molar-refractivity contribution is 7.84. The molecular weight excluding hydrogens is 270 g/mol. The van der Waals surface area contributed by atoms with E-state index < -0.39 is 10.8 Å². The van der Waals surface area contributed by atoms with Crippen LogP contribution in [0.15, 0.2) is 18.2 Å². The molecule has 1 aromatic carbocycles. The lowest BCUT2D eigenvalue weighted by Crippen LogP contribution is -2.40. The van der Waals surface area contributed by atoms with E-state index in [-0.39, 0.29) is 0 Å². The van der Waals surface area contributed by atoms with Crippen molar-refractivity contribution < 1.29 is 8.95 Å². The van der Waals surface area contributed by atoms with Crippen LogP contribution in [0.4, 0.5) is 0 Å². The number of benzene rings is 1. The van der Waals surface area contributed by atoms with Crippen molar-refractivity contribution in [1.82, 2.24) is 5.32 Å². The van der Waals surface area contributed by atoms with E-state index in [1.165, 1.54) is 17.5 Å². The minimum atomic E-state index is -0.690. The molecule has 0 spiro atoms. The SMILES string of the molecule is COc1ccc2c(c1)CC(NC(C)CCS(C)=O)CC2. The Kier molecular flexibility index (Phi) is 5.61. The first-order valence-electron chi connectivity index (χ1n) is 7.30. The summed E-state index contributed by atoms with van der Waals surface area (Å²) in [7, 11) is 1.03. The van der Waals surface area contributed by atoms with Gasteiger partial charge in [0.25, 0.3) is 0 Å². The van der Waals surface area contributed by atoms with Crippen molar-refractivity contribution in [3.63, 3.8) is 0 Å². The molecule has 0 radical (unpaired) electrons. The molecule has 1 aliphatic rings. The lowest BCUT2D eigenvalue weighted by Gasteiger charge is -2.28. The minimum Gasteiger partial charge on any atom is -0.497 e. The van der Waals surface area contributed by atoms with Gasteiger partial charge in [0.15, 0.2) is 0 Å². The molecule has 0 bridgehead atoms. The first kappa shape index (κ1) is 15.5. The number of fused-ring (bicyclic) bond motifs is 1. The molecule has 0 heterocycles. The van der Waals surface area contributed by atoms with Crippen LogP contribution in [0.5, 0.6) is 5.75 Å². The van der Waals surface area contributed by atoms with Crippen LogP contribution in [0.2, 0.25) is 0 Å². The fraction of sp³-hybridized carbons (Fsp3) is 0.625. The molecule has 20 heavy (non-hydrogen) atoms. The van der Waals surface area contributed by atoms with Gasteiger partial charge in [0, 0.05) is 34.9 Å². The largest absolute Gasteiger partial charge is 0.497 e. The zero-order valence-electron chi connectivity index (χ0n) is 12.6. The second-order valence-corrected chi connectivity index (χ2v) is 7.26. The maximum Gasteiger partial charge on any atom is 0.119 e. The highest BCUT2D eigenvalue weighted by Gasteiger charge is 2.20. The first-order valence-corrected chi connectivity index (χ1v) is 9.03. The Morgan fingerprint density at radius 1 is 1.45 bits per heavy atom. The van der Waals surface area contributed by atoms with Crippen LogP contribution in [-0.4, -0.2) is 35.4 Å². The van der Waals surface area contributed by atoms with Gasteiger partial charge in [-0.1, -0.05) is 6.07 Å². The molecule has 0 saturated carbocycles. The first-order chi connectivity index (χ1) is 9.58. The molecular formula is C16H25NO2S. The van der Waals surface area contributed by atoms with E-state index in [1.54, 1.807) is 13.4 Å². The number of methoxy groups -OCH3 is 1. The Labute approximate surface area is 124 Å². The predicted molar refractivity (Wildman–Crippen MR) is 85.0 cm³/mol. The van der Waals surface area contributed by atoms with Gasteiger partial charge >= 0.3 is 0 Å². The molecule has 3 atom stereocenters. The van der Waals surface area contributed by atoms with E-state index in [0.717, 1.165) is 30.8 Å². The summed E-state index contributed by atoms with van der Waals surface area (Å²) in [4.78, 5) is 0.